The molecule has 0 saturated carbocycles. The number of thiazole rings is 1. The summed E-state index contributed by atoms with van der Waals surface area (Å²) in [4.78, 5) is 64.0. The highest BCUT2D eigenvalue weighted by molar-refractivity contribution is 8.00. The van der Waals surface area contributed by atoms with E-state index in [2.05, 4.69) is 10.1 Å². The lowest BCUT2D eigenvalue weighted by Crippen LogP contribution is -2.62. The number of fused-ring (bicyclic) bond motifs is 1. The predicted molar refractivity (Wildman–Crippen MR) is 171 cm³/mol. The van der Waals surface area contributed by atoms with Crippen molar-refractivity contribution in [3.8, 4) is 5.75 Å². The molecule has 45 heavy (non-hydrogen) atoms. The molecule has 1 saturated heterocycles. The number of nitrogens with zero attached hydrogens (tertiary/aromatic N) is 3. The van der Waals surface area contributed by atoms with Gasteiger partial charge in [0.05, 0.1) is 18.4 Å². The molecule has 1 fully saturated rings. The minimum absolute atomic E-state index is 0.0140. The lowest BCUT2D eigenvalue weighted by Gasteiger charge is -2.49. The van der Waals surface area contributed by atoms with Crippen molar-refractivity contribution in [1.29, 1.82) is 0 Å². The number of hydrogen-bond donors (Lipinski definition) is 1. The van der Waals surface area contributed by atoms with Gasteiger partial charge in [0.15, 0.2) is 16.6 Å². The fourth-order valence-corrected chi connectivity index (χ4v) is 6.67. The zero-order chi connectivity index (χ0) is 33.1. The van der Waals surface area contributed by atoms with Crippen molar-refractivity contribution >= 4 is 69.2 Å². The van der Waals surface area contributed by atoms with Gasteiger partial charge in [-0.3, -0.25) is 14.5 Å². The van der Waals surface area contributed by atoms with Crippen molar-refractivity contribution < 1.29 is 38.2 Å². The van der Waals surface area contributed by atoms with Crippen LogP contribution in [0.4, 0.5) is 5.13 Å². The molecule has 2 N–H and O–H groups in total. The molecule has 1 aromatic carbocycles. The average molecular weight is 679 g/mol. The highest BCUT2D eigenvalue weighted by Gasteiger charge is 2.54. The number of anilines is 1. The van der Waals surface area contributed by atoms with Crippen molar-refractivity contribution in [3.05, 3.63) is 52.2 Å². The molecule has 1 amide bonds. The minimum Gasteiger partial charge on any atom is -0.497 e. The van der Waals surface area contributed by atoms with Gasteiger partial charge in [-0.15, -0.1) is 34.7 Å². The Kier molecular flexibility index (Phi) is 10.5. The summed E-state index contributed by atoms with van der Waals surface area (Å²) in [6, 6.07) is 7.04. The van der Waals surface area contributed by atoms with Crippen LogP contribution in [-0.4, -0.2) is 74.5 Å². The number of ether oxygens (including phenoxy) is 3. The van der Waals surface area contributed by atoms with Crippen LogP contribution in [0, 0.1) is 5.92 Å². The van der Waals surface area contributed by atoms with Crippen LogP contribution >= 0.6 is 34.7 Å². The van der Waals surface area contributed by atoms with E-state index in [9.17, 15) is 19.2 Å². The van der Waals surface area contributed by atoms with Gasteiger partial charge in [0.2, 0.25) is 11.5 Å². The van der Waals surface area contributed by atoms with Crippen LogP contribution in [0.3, 0.4) is 0 Å². The van der Waals surface area contributed by atoms with Gasteiger partial charge < -0.3 is 24.8 Å². The molecule has 1 aromatic heterocycles. The van der Waals surface area contributed by atoms with Crippen LogP contribution in [0.5, 0.6) is 5.75 Å². The Balaban J connectivity index is 1.49. The van der Waals surface area contributed by atoms with Crippen LogP contribution in [0.25, 0.3) is 0 Å². The van der Waals surface area contributed by atoms with Gasteiger partial charge in [-0.25, -0.2) is 14.6 Å². The fraction of sp³-hybridized carbons (Fsp3) is 0.467. The highest BCUT2D eigenvalue weighted by Crippen LogP contribution is 2.45. The average Bonchev–Trinajstić information content (AvgIpc) is 3.42. The van der Waals surface area contributed by atoms with E-state index in [1.165, 1.54) is 35.9 Å². The number of aromatic nitrogens is 1. The van der Waals surface area contributed by atoms with Crippen molar-refractivity contribution in [2.75, 3.05) is 24.5 Å². The molecule has 0 radical (unpaired) electrons. The van der Waals surface area contributed by atoms with E-state index in [0.29, 0.717) is 17.1 Å². The molecule has 242 valence electrons. The van der Waals surface area contributed by atoms with Gasteiger partial charge in [0.25, 0.3) is 0 Å². The molecular weight excluding hydrogens is 644 g/mol. The molecule has 0 aliphatic carbocycles. The van der Waals surface area contributed by atoms with E-state index >= 15 is 0 Å². The predicted octanol–water partition coefficient (Wildman–Crippen LogP) is 4.30. The Morgan fingerprint density at radius 2 is 1.84 bits per heavy atom. The van der Waals surface area contributed by atoms with E-state index in [0.717, 1.165) is 16.9 Å². The van der Waals surface area contributed by atoms with Crippen LogP contribution in [0.1, 0.15) is 52.3 Å². The standard InChI is InChI=1S/C30H35ClN4O8S2/c1-29(2,3)42-27(39)30(4,5)43-34-22(20-15-45-28(32)33-20)21(36)11-19-24(37)35-23(17(12-31)14-44-25(19)35)26(38)41-13-16-7-9-18(40-6)10-8-16/h7-10,15,19,25H,11-14H2,1-6H3,(H2,32,33)/b34-22-/t19-,25?/m1/s1. The Morgan fingerprint density at radius 1 is 1.16 bits per heavy atom. The van der Waals surface area contributed by atoms with E-state index in [4.69, 9.17) is 36.4 Å². The normalized spacial score (nSPS) is 18.6. The first-order chi connectivity index (χ1) is 21.1. The van der Waals surface area contributed by atoms with Gasteiger partial charge in [0, 0.05) is 23.4 Å². The molecule has 2 aromatic rings. The minimum atomic E-state index is -1.54. The van der Waals surface area contributed by atoms with E-state index in [1.807, 2.05) is 0 Å². The first-order valence-electron chi connectivity index (χ1n) is 13.9. The second-order valence-corrected chi connectivity index (χ2v) is 14.0. The number of ketones is 1. The van der Waals surface area contributed by atoms with Crippen molar-refractivity contribution in [2.24, 2.45) is 11.1 Å². The van der Waals surface area contributed by atoms with E-state index < -0.39 is 46.1 Å². The first kappa shape index (κ1) is 34.3. The second-order valence-electron chi connectivity index (χ2n) is 11.8. The number of carbonyl (C=O) groups is 4. The molecule has 0 spiro atoms. The number of hydrogen-bond acceptors (Lipinski definition) is 13. The molecule has 4 rings (SSSR count). The molecule has 3 heterocycles. The van der Waals surface area contributed by atoms with E-state index in [-0.39, 0.29) is 41.1 Å². The number of oxime groups is 1. The van der Waals surface area contributed by atoms with Gasteiger partial charge in [0.1, 0.15) is 29.3 Å². The number of halogens is 1. The third kappa shape index (κ3) is 7.97. The number of thioether (sulfide) groups is 1. The van der Waals surface area contributed by atoms with Gasteiger partial charge >= 0.3 is 11.9 Å². The van der Waals surface area contributed by atoms with Gasteiger partial charge in [-0.2, -0.15) is 0 Å². The molecule has 15 heteroatoms. The molecule has 2 aliphatic rings. The summed E-state index contributed by atoms with van der Waals surface area (Å²) in [6.45, 7) is 8.07. The molecule has 0 bridgehead atoms. The number of methoxy groups -OCH3 is 1. The number of alkyl halides is 1. The smallest absolute Gasteiger partial charge is 0.355 e. The van der Waals surface area contributed by atoms with Crippen LogP contribution in [0.2, 0.25) is 0 Å². The van der Waals surface area contributed by atoms with Crippen LogP contribution in [-0.2, 0) is 40.1 Å². The lowest BCUT2D eigenvalue weighted by molar-refractivity contribution is -0.179. The Morgan fingerprint density at radius 3 is 2.42 bits per heavy atom. The van der Waals surface area contributed by atoms with E-state index in [1.54, 1.807) is 52.1 Å². The maximum absolute atomic E-state index is 13.6. The number of benzene rings is 1. The first-order valence-corrected chi connectivity index (χ1v) is 16.4. The highest BCUT2D eigenvalue weighted by atomic mass is 35.5. The number of rotatable bonds is 12. The monoisotopic (exact) mass is 678 g/mol. The Hall–Kier alpha value is -3.62. The summed E-state index contributed by atoms with van der Waals surface area (Å²) >= 11 is 8.65. The number of nitrogens with two attached hydrogens (primary N) is 1. The number of nitrogen functional groups attached to an aromatic ring is 1. The van der Waals surface area contributed by atoms with Crippen molar-refractivity contribution in [3.63, 3.8) is 0 Å². The maximum atomic E-state index is 13.6. The topological polar surface area (TPSA) is 160 Å². The van der Waals surface area contributed by atoms with Crippen molar-refractivity contribution in [1.82, 2.24) is 9.88 Å². The zero-order valence-electron chi connectivity index (χ0n) is 25.7. The van der Waals surface area contributed by atoms with Gasteiger partial charge in [-0.05, 0) is 57.9 Å². The summed E-state index contributed by atoms with van der Waals surface area (Å²) in [6.07, 6.45) is -0.246. The third-order valence-corrected chi connectivity index (χ3v) is 9.12. The Labute approximate surface area is 274 Å². The summed E-state index contributed by atoms with van der Waals surface area (Å²) in [5.41, 5.74) is 4.86. The van der Waals surface area contributed by atoms with Crippen LogP contribution in [0.15, 0.2) is 46.1 Å². The number of amides is 1. The molecule has 2 atom stereocenters. The van der Waals surface area contributed by atoms with Crippen LogP contribution < -0.4 is 10.5 Å². The Bertz CT molecular complexity index is 1530. The summed E-state index contributed by atoms with van der Waals surface area (Å²) < 4.78 is 16.1. The molecule has 1 unspecified atom stereocenters. The SMILES string of the molecule is COc1ccc(COC(=O)C2=C(CCl)CSC3[C@H](CC(=O)/C(=N\OC(C)(C)C(=O)OC(C)(C)C)c4csc(N)n4)C(=O)N23)cc1. The third-order valence-electron chi connectivity index (χ3n) is 6.73. The summed E-state index contributed by atoms with van der Waals surface area (Å²) in [7, 11) is 1.56. The second kappa shape index (κ2) is 13.8. The fourth-order valence-electron chi connectivity index (χ4n) is 4.38. The summed E-state index contributed by atoms with van der Waals surface area (Å²) in [5, 5.41) is 5.25. The number of esters is 2. The largest absolute Gasteiger partial charge is 0.497 e. The maximum Gasteiger partial charge on any atom is 0.355 e. The number of Topliss-reactive ketones (excluding diaryl/α,β-unsaturated/α-hetero) is 1. The lowest BCUT2D eigenvalue weighted by atomic mass is 9.89. The molecule has 12 nitrogen and oxygen atoms in total. The van der Waals surface area contributed by atoms with Crippen molar-refractivity contribution in [2.45, 2.75) is 64.2 Å². The molecular formula is C30H35ClN4O8S2. The number of carbonyl (C=O) groups excluding carboxylic acids is 4. The van der Waals surface area contributed by atoms with Gasteiger partial charge in [-0.1, -0.05) is 17.3 Å². The zero-order valence-corrected chi connectivity index (χ0v) is 28.1. The number of β-lactam (4-membered cyclic amide) rings is 1. The quantitative estimate of drug-likeness (QED) is 0.112. The molecule has 2 aliphatic heterocycles. The summed E-state index contributed by atoms with van der Waals surface area (Å²) in [5.74, 6) is -2.01.